The first-order valence-electron chi connectivity index (χ1n) is 3.84. The quantitative estimate of drug-likeness (QED) is 0.474. The van der Waals surface area contributed by atoms with Gasteiger partial charge in [0, 0.05) is 11.5 Å². The van der Waals surface area contributed by atoms with Crippen molar-refractivity contribution < 1.29 is 4.79 Å². The predicted octanol–water partition coefficient (Wildman–Crippen LogP) is -0.609. The highest BCUT2D eigenvalue weighted by atomic mass is 16.1. The summed E-state index contributed by atoms with van der Waals surface area (Å²) >= 11 is 0. The molecule has 72 valence electrons. The Bertz CT molecular complexity index is 442. The van der Waals surface area contributed by atoms with E-state index in [0.29, 0.717) is 16.9 Å². The number of nitrogens with two attached hydrogens (primary N) is 3. The van der Waals surface area contributed by atoms with Crippen LogP contribution in [0, 0.1) is 18.8 Å². The molecule has 1 amide bonds. The smallest absolute Gasteiger partial charge is 0.293 e. The molecule has 5 nitrogen and oxygen atoms in total. The molecule has 1 heterocycles. The van der Waals surface area contributed by atoms with E-state index in [2.05, 4.69) is 16.8 Å². The summed E-state index contributed by atoms with van der Waals surface area (Å²) in [4.78, 5) is 14.4. The van der Waals surface area contributed by atoms with E-state index in [0.717, 1.165) is 0 Å². The minimum absolute atomic E-state index is 0.257. The van der Waals surface area contributed by atoms with Crippen LogP contribution in [0.4, 0.5) is 11.5 Å². The third kappa shape index (κ3) is 2.14. The van der Waals surface area contributed by atoms with Crippen LogP contribution in [-0.4, -0.2) is 10.9 Å². The van der Waals surface area contributed by atoms with E-state index in [9.17, 15) is 4.79 Å². The Kier molecular flexibility index (Phi) is 2.58. The summed E-state index contributed by atoms with van der Waals surface area (Å²) in [6.07, 6.45) is 0. The van der Waals surface area contributed by atoms with Gasteiger partial charge in [0.25, 0.3) is 5.91 Å². The number of hydrogen-bond donors (Lipinski definition) is 3. The van der Waals surface area contributed by atoms with Gasteiger partial charge in [0.1, 0.15) is 5.82 Å². The van der Waals surface area contributed by atoms with Crippen LogP contribution in [0.15, 0.2) is 6.07 Å². The molecule has 14 heavy (non-hydrogen) atoms. The highest BCUT2D eigenvalue weighted by Gasteiger charge is 2.01. The molecule has 6 N–H and O–H groups in total. The van der Waals surface area contributed by atoms with Crippen LogP contribution in [0.5, 0.6) is 0 Å². The van der Waals surface area contributed by atoms with Gasteiger partial charge in [-0.25, -0.2) is 4.98 Å². The lowest BCUT2D eigenvalue weighted by atomic mass is 10.2. The fourth-order valence-electron chi connectivity index (χ4n) is 0.895. The van der Waals surface area contributed by atoms with E-state index >= 15 is 0 Å². The van der Waals surface area contributed by atoms with Gasteiger partial charge in [0.2, 0.25) is 0 Å². The Morgan fingerprint density at radius 2 is 2.14 bits per heavy atom. The van der Waals surface area contributed by atoms with Crippen LogP contribution in [0.2, 0.25) is 0 Å². The van der Waals surface area contributed by atoms with Crippen molar-refractivity contribution in [3.05, 3.63) is 17.3 Å². The number of anilines is 2. The average Bonchev–Trinajstić information content (AvgIpc) is 2.09. The van der Waals surface area contributed by atoms with Gasteiger partial charge >= 0.3 is 0 Å². The average molecular weight is 190 g/mol. The normalized spacial score (nSPS) is 8.93. The number of aryl methyl sites for hydroxylation is 1. The summed E-state index contributed by atoms with van der Waals surface area (Å²) < 4.78 is 0. The SMILES string of the molecule is Cc1nc(N)c(N)cc1C#CC(N)=O. The van der Waals surface area contributed by atoms with Gasteiger partial charge in [-0.05, 0) is 13.0 Å². The van der Waals surface area contributed by atoms with Gasteiger partial charge in [0.15, 0.2) is 0 Å². The zero-order valence-electron chi connectivity index (χ0n) is 7.66. The van der Waals surface area contributed by atoms with Gasteiger partial charge < -0.3 is 17.2 Å². The highest BCUT2D eigenvalue weighted by molar-refractivity contribution is 5.92. The first-order chi connectivity index (χ1) is 6.50. The van der Waals surface area contributed by atoms with Crippen LogP contribution < -0.4 is 17.2 Å². The number of nitrogen functional groups attached to an aromatic ring is 2. The third-order valence-electron chi connectivity index (χ3n) is 1.59. The van der Waals surface area contributed by atoms with Gasteiger partial charge in [-0.3, -0.25) is 4.79 Å². The van der Waals surface area contributed by atoms with E-state index in [-0.39, 0.29) is 5.82 Å². The molecule has 0 aliphatic carbocycles. The van der Waals surface area contributed by atoms with Crippen molar-refractivity contribution in [3.63, 3.8) is 0 Å². The van der Waals surface area contributed by atoms with Crippen LogP contribution in [0.25, 0.3) is 0 Å². The minimum Gasteiger partial charge on any atom is -0.396 e. The molecule has 0 aliphatic heterocycles. The van der Waals surface area contributed by atoms with Gasteiger partial charge in [0.05, 0.1) is 11.4 Å². The fourth-order valence-corrected chi connectivity index (χ4v) is 0.895. The first kappa shape index (κ1) is 9.86. The van der Waals surface area contributed by atoms with E-state index in [4.69, 9.17) is 17.2 Å². The highest BCUT2D eigenvalue weighted by Crippen LogP contribution is 2.15. The second-order valence-electron chi connectivity index (χ2n) is 2.71. The maximum atomic E-state index is 10.4. The molecule has 0 aliphatic rings. The van der Waals surface area contributed by atoms with Gasteiger partial charge in [-0.1, -0.05) is 5.92 Å². The molecule has 0 spiro atoms. The molecule has 1 rings (SSSR count). The standard InChI is InChI=1S/C9H10N4O/c1-5-6(2-3-8(11)14)4-7(10)9(12)13-5/h4H,10H2,1H3,(H2,11,14)(H2,12,13). The topological polar surface area (TPSA) is 108 Å². The van der Waals surface area contributed by atoms with Gasteiger partial charge in [-0.2, -0.15) is 0 Å². The van der Waals surface area contributed by atoms with E-state index in [1.54, 1.807) is 13.0 Å². The van der Waals surface area contributed by atoms with E-state index in [1.165, 1.54) is 0 Å². The molecule has 0 bridgehead atoms. The van der Waals surface area contributed by atoms with Crippen molar-refractivity contribution in [1.29, 1.82) is 0 Å². The molecule has 0 saturated carbocycles. The summed E-state index contributed by atoms with van der Waals surface area (Å²) in [5.74, 6) is 4.32. The lowest BCUT2D eigenvalue weighted by Gasteiger charge is -2.02. The monoisotopic (exact) mass is 190 g/mol. The number of amides is 1. The van der Waals surface area contributed by atoms with Crippen molar-refractivity contribution >= 4 is 17.4 Å². The Hall–Kier alpha value is -2.22. The second-order valence-corrected chi connectivity index (χ2v) is 2.71. The lowest BCUT2D eigenvalue weighted by Crippen LogP contribution is -2.06. The molecule has 0 saturated heterocycles. The van der Waals surface area contributed by atoms with Crippen LogP contribution >= 0.6 is 0 Å². The minimum atomic E-state index is -0.695. The molecule has 0 fully saturated rings. The van der Waals surface area contributed by atoms with Crippen LogP contribution in [-0.2, 0) is 4.79 Å². The summed E-state index contributed by atoms with van der Waals surface area (Å²) in [5.41, 5.74) is 17.4. The molecular weight excluding hydrogens is 180 g/mol. The number of hydrogen-bond acceptors (Lipinski definition) is 4. The molecule has 1 aromatic heterocycles. The maximum absolute atomic E-state index is 10.4. The fraction of sp³-hybridized carbons (Fsp3) is 0.111. The zero-order valence-corrected chi connectivity index (χ0v) is 7.66. The Balaban J connectivity index is 3.18. The lowest BCUT2D eigenvalue weighted by molar-refractivity contribution is -0.112. The molecule has 0 atom stereocenters. The van der Waals surface area contributed by atoms with Gasteiger partial charge in [-0.15, -0.1) is 0 Å². The van der Waals surface area contributed by atoms with Crippen molar-refractivity contribution in [2.45, 2.75) is 6.92 Å². The molecule has 0 radical (unpaired) electrons. The summed E-state index contributed by atoms with van der Waals surface area (Å²) in [6.45, 7) is 1.72. The molecular formula is C9H10N4O. The number of aromatic nitrogens is 1. The maximum Gasteiger partial charge on any atom is 0.293 e. The molecule has 0 aromatic carbocycles. The predicted molar refractivity (Wildman–Crippen MR) is 53.9 cm³/mol. The molecule has 1 aromatic rings. The third-order valence-corrected chi connectivity index (χ3v) is 1.59. The largest absolute Gasteiger partial charge is 0.396 e. The molecule has 0 unspecified atom stereocenters. The number of carbonyl (C=O) groups is 1. The summed E-state index contributed by atoms with van der Waals surface area (Å²) in [5, 5.41) is 0. The van der Waals surface area contributed by atoms with Crippen molar-refractivity contribution in [2.24, 2.45) is 5.73 Å². The number of pyridine rings is 1. The molecule has 5 heteroatoms. The number of rotatable bonds is 0. The Morgan fingerprint density at radius 1 is 1.50 bits per heavy atom. The number of carbonyl (C=O) groups excluding carboxylic acids is 1. The van der Waals surface area contributed by atoms with E-state index in [1.807, 2.05) is 0 Å². The Morgan fingerprint density at radius 3 is 2.71 bits per heavy atom. The first-order valence-corrected chi connectivity index (χ1v) is 3.84. The van der Waals surface area contributed by atoms with Crippen LogP contribution in [0.1, 0.15) is 11.3 Å². The van der Waals surface area contributed by atoms with Crippen molar-refractivity contribution in [3.8, 4) is 11.8 Å². The summed E-state index contributed by atoms with van der Waals surface area (Å²) in [6, 6.07) is 1.56. The van der Waals surface area contributed by atoms with E-state index < -0.39 is 5.91 Å². The van der Waals surface area contributed by atoms with Crippen LogP contribution in [0.3, 0.4) is 0 Å². The van der Waals surface area contributed by atoms with Crippen molar-refractivity contribution in [1.82, 2.24) is 4.98 Å². The number of primary amides is 1. The number of nitrogens with zero attached hydrogens (tertiary/aromatic N) is 1. The van der Waals surface area contributed by atoms with Crippen molar-refractivity contribution in [2.75, 3.05) is 11.5 Å². The summed E-state index contributed by atoms with van der Waals surface area (Å²) in [7, 11) is 0. The zero-order chi connectivity index (χ0) is 10.7. The Labute approximate surface area is 81.3 Å². The second kappa shape index (κ2) is 3.66.